The molecule has 1 aliphatic heterocycles. The number of aliphatic hydroxyl groups excluding tert-OH is 1. The molecule has 8 heteroatoms. The van der Waals surface area contributed by atoms with Crippen LogP contribution in [-0.2, 0) is 11.3 Å². The van der Waals surface area contributed by atoms with E-state index in [1.807, 2.05) is 22.9 Å². The minimum atomic E-state index is -0.0142. The van der Waals surface area contributed by atoms with Gasteiger partial charge in [-0.3, -0.25) is 0 Å². The largest absolute Gasteiger partial charge is 0.396 e. The Morgan fingerprint density at radius 3 is 2.89 bits per heavy atom. The van der Waals surface area contributed by atoms with Crippen molar-refractivity contribution in [2.24, 2.45) is 10.4 Å². The summed E-state index contributed by atoms with van der Waals surface area (Å²) in [6.07, 6.45) is 7.21. The van der Waals surface area contributed by atoms with E-state index < -0.39 is 0 Å². The Balaban J connectivity index is 0.00000280. The van der Waals surface area contributed by atoms with Crippen LogP contribution in [0, 0.1) is 5.41 Å². The topological polar surface area (TPSA) is 83.7 Å². The number of aliphatic imine (C=N–C) groups is 1. The molecule has 1 aliphatic rings. The van der Waals surface area contributed by atoms with Gasteiger partial charge in [0, 0.05) is 44.1 Å². The lowest BCUT2D eigenvalue weighted by molar-refractivity contribution is 0.127. The Kier molecular flexibility index (Phi) is 9.20. The highest BCUT2D eigenvalue weighted by Gasteiger charge is 2.34. The van der Waals surface area contributed by atoms with Crippen LogP contribution in [0.15, 0.2) is 48.0 Å². The number of para-hydroxylation sites is 1. The molecule has 1 aromatic carbocycles. The zero-order valence-corrected chi connectivity index (χ0v) is 18.6. The van der Waals surface area contributed by atoms with Crippen LogP contribution in [0.2, 0.25) is 0 Å². The standard InChI is InChI=1S/C20H29N5O2.HI/c1-2-22-19(24-14-20(7-11-26)8-12-27-15-20)23-13-17-5-3-4-6-18(17)25-10-9-21-16-25;/h3-6,9-10,16,26H,2,7-8,11-15H2,1H3,(H2,22,23,24);1H. The van der Waals surface area contributed by atoms with Crippen molar-refractivity contribution in [3.8, 4) is 5.69 Å². The summed E-state index contributed by atoms with van der Waals surface area (Å²) in [4.78, 5) is 8.90. The number of aromatic nitrogens is 2. The number of aliphatic hydroxyl groups is 1. The molecule has 3 rings (SSSR count). The third-order valence-corrected chi connectivity index (χ3v) is 4.98. The second kappa shape index (κ2) is 11.4. The third-order valence-electron chi connectivity index (χ3n) is 4.98. The number of hydrogen-bond donors (Lipinski definition) is 3. The zero-order valence-electron chi connectivity index (χ0n) is 16.3. The molecule has 1 fully saturated rings. The molecular formula is C20H30IN5O2. The van der Waals surface area contributed by atoms with Gasteiger partial charge in [0.2, 0.25) is 0 Å². The number of guanidine groups is 1. The molecule has 1 saturated heterocycles. The quantitative estimate of drug-likeness (QED) is 0.295. The minimum absolute atomic E-state index is 0. The maximum atomic E-state index is 9.40. The van der Waals surface area contributed by atoms with Gasteiger partial charge in [-0.15, -0.1) is 24.0 Å². The summed E-state index contributed by atoms with van der Waals surface area (Å²) in [5.74, 6) is 0.780. The van der Waals surface area contributed by atoms with Crippen molar-refractivity contribution in [3.05, 3.63) is 48.5 Å². The maximum absolute atomic E-state index is 9.40. The van der Waals surface area contributed by atoms with Crippen molar-refractivity contribution < 1.29 is 9.84 Å². The number of nitrogens with one attached hydrogen (secondary N) is 2. The number of hydrogen-bond acceptors (Lipinski definition) is 4. The summed E-state index contributed by atoms with van der Waals surface area (Å²) in [7, 11) is 0. The lowest BCUT2D eigenvalue weighted by Gasteiger charge is -2.27. The molecule has 28 heavy (non-hydrogen) atoms. The molecule has 0 spiro atoms. The van der Waals surface area contributed by atoms with Gasteiger partial charge in [0.1, 0.15) is 0 Å². The molecule has 0 bridgehead atoms. The van der Waals surface area contributed by atoms with Gasteiger partial charge in [-0.1, -0.05) is 18.2 Å². The number of rotatable bonds is 8. The van der Waals surface area contributed by atoms with E-state index in [1.165, 1.54) is 0 Å². The normalized spacial score (nSPS) is 19.3. The van der Waals surface area contributed by atoms with E-state index >= 15 is 0 Å². The van der Waals surface area contributed by atoms with E-state index in [2.05, 4.69) is 34.7 Å². The summed E-state index contributed by atoms with van der Waals surface area (Å²) >= 11 is 0. The van der Waals surface area contributed by atoms with E-state index in [1.54, 1.807) is 12.5 Å². The molecular weight excluding hydrogens is 469 g/mol. The third kappa shape index (κ3) is 5.92. The minimum Gasteiger partial charge on any atom is -0.396 e. The summed E-state index contributed by atoms with van der Waals surface area (Å²) in [6.45, 7) is 5.77. The molecule has 2 heterocycles. The first kappa shape index (κ1) is 22.6. The van der Waals surface area contributed by atoms with E-state index in [9.17, 15) is 5.11 Å². The molecule has 0 radical (unpaired) electrons. The van der Waals surface area contributed by atoms with E-state index in [4.69, 9.17) is 9.73 Å². The van der Waals surface area contributed by atoms with Crippen molar-refractivity contribution in [1.82, 2.24) is 20.2 Å². The predicted molar refractivity (Wildman–Crippen MR) is 121 cm³/mol. The van der Waals surface area contributed by atoms with E-state index in [-0.39, 0.29) is 36.0 Å². The molecule has 1 unspecified atom stereocenters. The van der Waals surface area contributed by atoms with Crippen LogP contribution in [0.3, 0.4) is 0 Å². The average molecular weight is 499 g/mol. The molecule has 0 aliphatic carbocycles. The molecule has 2 aromatic rings. The second-order valence-corrected chi connectivity index (χ2v) is 6.92. The fourth-order valence-corrected chi connectivity index (χ4v) is 3.39. The Bertz CT molecular complexity index is 730. The van der Waals surface area contributed by atoms with Crippen molar-refractivity contribution in [1.29, 1.82) is 0 Å². The molecule has 154 valence electrons. The van der Waals surface area contributed by atoms with E-state index in [0.29, 0.717) is 13.2 Å². The van der Waals surface area contributed by atoms with Gasteiger partial charge in [-0.2, -0.15) is 0 Å². The lowest BCUT2D eigenvalue weighted by Crippen LogP contribution is -2.44. The lowest BCUT2D eigenvalue weighted by atomic mass is 9.84. The number of halogens is 1. The van der Waals surface area contributed by atoms with Crippen LogP contribution in [0.5, 0.6) is 0 Å². The first-order chi connectivity index (χ1) is 13.3. The Labute approximate surface area is 183 Å². The second-order valence-electron chi connectivity index (χ2n) is 6.92. The van der Waals surface area contributed by atoms with Gasteiger partial charge >= 0.3 is 0 Å². The fourth-order valence-electron chi connectivity index (χ4n) is 3.39. The Morgan fingerprint density at radius 1 is 1.36 bits per heavy atom. The summed E-state index contributed by atoms with van der Waals surface area (Å²) < 4.78 is 7.57. The highest BCUT2D eigenvalue weighted by Crippen LogP contribution is 2.31. The molecule has 3 N–H and O–H groups in total. The molecule has 1 aromatic heterocycles. The van der Waals surface area contributed by atoms with Crippen LogP contribution in [-0.4, -0.2) is 53.5 Å². The number of ether oxygens (including phenoxy) is 1. The smallest absolute Gasteiger partial charge is 0.191 e. The SMILES string of the molecule is CCNC(=NCc1ccccc1-n1ccnc1)NCC1(CCO)CCOC1.I. The molecule has 7 nitrogen and oxygen atoms in total. The van der Waals surface area contributed by atoms with Crippen LogP contribution in [0.25, 0.3) is 5.69 Å². The Morgan fingerprint density at radius 2 is 2.21 bits per heavy atom. The highest BCUT2D eigenvalue weighted by atomic mass is 127. The van der Waals surface area contributed by atoms with Crippen LogP contribution in [0.4, 0.5) is 0 Å². The number of benzene rings is 1. The fraction of sp³-hybridized carbons (Fsp3) is 0.500. The summed E-state index contributed by atoms with van der Waals surface area (Å²) in [5.41, 5.74) is 2.19. The monoisotopic (exact) mass is 499 g/mol. The van der Waals surface area contributed by atoms with Crippen molar-refractivity contribution >= 4 is 29.9 Å². The average Bonchev–Trinajstić information content (AvgIpc) is 3.37. The first-order valence-corrected chi connectivity index (χ1v) is 9.53. The number of imidazole rings is 1. The van der Waals surface area contributed by atoms with Crippen molar-refractivity contribution in [2.45, 2.75) is 26.3 Å². The van der Waals surface area contributed by atoms with Crippen molar-refractivity contribution in [3.63, 3.8) is 0 Å². The highest BCUT2D eigenvalue weighted by molar-refractivity contribution is 14.0. The van der Waals surface area contributed by atoms with Gasteiger partial charge in [0.05, 0.1) is 25.2 Å². The van der Waals surface area contributed by atoms with Crippen LogP contribution < -0.4 is 10.6 Å². The van der Waals surface area contributed by atoms with Gasteiger partial charge < -0.3 is 25.0 Å². The van der Waals surface area contributed by atoms with Crippen molar-refractivity contribution in [2.75, 3.05) is 32.9 Å². The van der Waals surface area contributed by atoms with Crippen LogP contribution >= 0.6 is 24.0 Å². The van der Waals surface area contributed by atoms with Crippen LogP contribution in [0.1, 0.15) is 25.3 Å². The maximum Gasteiger partial charge on any atom is 0.191 e. The van der Waals surface area contributed by atoms with Gasteiger partial charge in [0.25, 0.3) is 0 Å². The van der Waals surface area contributed by atoms with Gasteiger partial charge in [-0.05, 0) is 31.4 Å². The molecule has 1 atom stereocenters. The van der Waals surface area contributed by atoms with Gasteiger partial charge in [-0.25, -0.2) is 9.98 Å². The Hall–Kier alpha value is -1.65. The molecule has 0 saturated carbocycles. The van der Waals surface area contributed by atoms with E-state index in [0.717, 1.165) is 49.7 Å². The first-order valence-electron chi connectivity index (χ1n) is 9.53. The molecule has 0 amide bonds. The number of nitrogens with zero attached hydrogens (tertiary/aromatic N) is 3. The van der Waals surface area contributed by atoms with Gasteiger partial charge in [0.15, 0.2) is 5.96 Å². The zero-order chi connectivity index (χ0) is 19.0. The predicted octanol–water partition coefficient (Wildman–Crippen LogP) is 2.33. The summed E-state index contributed by atoms with van der Waals surface area (Å²) in [6, 6.07) is 8.20. The summed E-state index contributed by atoms with van der Waals surface area (Å²) in [5, 5.41) is 16.1.